The SMILES string of the molecule is COc1ccc(-c2ccc(C)cc2)c(P(c2ccccc2)c2ccccc2)c1-c1c(OC)ccc(-c2ccc(C)cc2)c1P(c1ccccc1)c1ccccc1. The zero-order chi connectivity index (χ0) is 38.4. The van der Waals surface area contributed by atoms with E-state index in [0.717, 1.165) is 33.8 Å². The molecule has 8 aromatic rings. The molecule has 0 aliphatic heterocycles. The van der Waals surface area contributed by atoms with Crippen molar-refractivity contribution in [3.05, 3.63) is 205 Å². The van der Waals surface area contributed by atoms with Crippen LogP contribution in [0.1, 0.15) is 11.1 Å². The normalized spacial score (nSPS) is 11.2. The number of rotatable bonds is 11. The van der Waals surface area contributed by atoms with E-state index in [1.807, 2.05) is 0 Å². The Morgan fingerprint density at radius 2 is 0.607 bits per heavy atom. The molecule has 0 bridgehead atoms. The van der Waals surface area contributed by atoms with E-state index >= 15 is 0 Å². The van der Waals surface area contributed by atoms with E-state index in [2.05, 4.69) is 208 Å². The zero-order valence-electron chi connectivity index (χ0n) is 32.2. The van der Waals surface area contributed by atoms with Crippen LogP contribution in [0.4, 0.5) is 0 Å². The van der Waals surface area contributed by atoms with Gasteiger partial charge in [-0.3, -0.25) is 0 Å². The highest BCUT2D eigenvalue weighted by Crippen LogP contribution is 2.51. The van der Waals surface area contributed by atoms with Crippen LogP contribution in [0, 0.1) is 13.8 Å². The summed E-state index contributed by atoms with van der Waals surface area (Å²) in [6.45, 7) is 4.29. The lowest BCUT2D eigenvalue weighted by Crippen LogP contribution is -2.28. The zero-order valence-corrected chi connectivity index (χ0v) is 34.0. The van der Waals surface area contributed by atoms with Crippen LogP contribution in [-0.2, 0) is 0 Å². The van der Waals surface area contributed by atoms with Crippen LogP contribution in [0.5, 0.6) is 11.5 Å². The molecule has 0 unspecified atom stereocenters. The third-order valence-corrected chi connectivity index (χ3v) is 15.3. The molecule has 0 saturated heterocycles. The first-order chi connectivity index (χ1) is 27.6. The monoisotopic (exact) mass is 762 g/mol. The van der Waals surface area contributed by atoms with Gasteiger partial charge in [-0.05, 0) is 97.4 Å². The first-order valence-electron chi connectivity index (χ1n) is 18.9. The minimum atomic E-state index is -1.12. The summed E-state index contributed by atoms with van der Waals surface area (Å²) in [4.78, 5) is 0. The molecule has 0 heterocycles. The van der Waals surface area contributed by atoms with E-state index in [4.69, 9.17) is 9.47 Å². The fraction of sp³-hybridized carbons (Fsp3) is 0.0769. The van der Waals surface area contributed by atoms with Crippen LogP contribution in [0.25, 0.3) is 33.4 Å². The van der Waals surface area contributed by atoms with Crippen LogP contribution in [0.15, 0.2) is 194 Å². The second-order valence-corrected chi connectivity index (χ2v) is 18.1. The van der Waals surface area contributed by atoms with Gasteiger partial charge in [0.2, 0.25) is 0 Å². The molecule has 2 nitrogen and oxygen atoms in total. The summed E-state index contributed by atoms with van der Waals surface area (Å²) in [5.41, 5.74) is 9.25. The largest absolute Gasteiger partial charge is 0.496 e. The van der Waals surface area contributed by atoms with Crippen molar-refractivity contribution in [2.24, 2.45) is 0 Å². The molecule has 0 aromatic heterocycles. The summed E-state index contributed by atoms with van der Waals surface area (Å²) < 4.78 is 13.1. The van der Waals surface area contributed by atoms with Crippen LogP contribution in [-0.4, -0.2) is 14.2 Å². The topological polar surface area (TPSA) is 18.5 Å². The Balaban J connectivity index is 1.60. The molecule has 0 aliphatic carbocycles. The Morgan fingerprint density at radius 1 is 0.321 bits per heavy atom. The minimum absolute atomic E-state index is 0.812. The molecule has 0 amide bonds. The van der Waals surface area contributed by atoms with Gasteiger partial charge in [-0.15, -0.1) is 0 Å². The molecule has 0 fully saturated rings. The highest BCUT2D eigenvalue weighted by Gasteiger charge is 2.33. The van der Waals surface area contributed by atoms with Crippen molar-refractivity contribution >= 4 is 47.7 Å². The summed E-state index contributed by atoms with van der Waals surface area (Å²) in [6, 6.07) is 70.7. The van der Waals surface area contributed by atoms with Crippen molar-refractivity contribution in [3.63, 3.8) is 0 Å². The predicted octanol–water partition coefficient (Wildman–Crippen LogP) is 10.8. The number of methoxy groups -OCH3 is 2. The molecule has 0 N–H and O–H groups in total. The van der Waals surface area contributed by atoms with Gasteiger partial charge in [0.15, 0.2) is 0 Å². The van der Waals surface area contributed by atoms with Crippen LogP contribution in [0.2, 0.25) is 0 Å². The lowest BCUT2D eigenvalue weighted by molar-refractivity contribution is 0.411. The highest BCUT2D eigenvalue weighted by atomic mass is 31.1. The molecular formula is C52H44O2P2. The van der Waals surface area contributed by atoms with Crippen molar-refractivity contribution in [2.75, 3.05) is 14.2 Å². The lowest BCUT2D eigenvalue weighted by Gasteiger charge is -2.31. The molecule has 0 spiro atoms. The van der Waals surface area contributed by atoms with E-state index in [0.29, 0.717) is 0 Å². The van der Waals surface area contributed by atoms with Gasteiger partial charge < -0.3 is 9.47 Å². The maximum Gasteiger partial charge on any atom is 0.127 e. The van der Waals surface area contributed by atoms with Gasteiger partial charge in [-0.1, -0.05) is 181 Å². The van der Waals surface area contributed by atoms with Crippen LogP contribution < -0.4 is 41.3 Å². The molecule has 274 valence electrons. The number of ether oxygens (including phenoxy) is 2. The Hall–Kier alpha value is -5.78. The molecule has 0 aliphatic rings. The van der Waals surface area contributed by atoms with Crippen molar-refractivity contribution in [3.8, 4) is 44.9 Å². The smallest absolute Gasteiger partial charge is 0.127 e. The fourth-order valence-corrected chi connectivity index (χ4v) is 12.8. The van der Waals surface area contributed by atoms with Crippen LogP contribution in [0.3, 0.4) is 0 Å². The number of hydrogen-bond acceptors (Lipinski definition) is 2. The molecule has 8 aromatic carbocycles. The second kappa shape index (κ2) is 16.9. The maximum absolute atomic E-state index is 6.54. The molecule has 0 saturated carbocycles. The summed E-state index contributed by atoms with van der Waals surface area (Å²) in [6.07, 6.45) is 0. The first-order valence-corrected chi connectivity index (χ1v) is 21.6. The number of aryl methyl sites for hydroxylation is 2. The van der Waals surface area contributed by atoms with E-state index in [1.165, 1.54) is 54.1 Å². The van der Waals surface area contributed by atoms with E-state index in [1.54, 1.807) is 14.2 Å². The van der Waals surface area contributed by atoms with Gasteiger partial charge in [0.05, 0.1) is 14.2 Å². The van der Waals surface area contributed by atoms with Crippen molar-refractivity contribution < 1.29 is 9.47 Å². The molecule has 4 heteroatoms. The van der Waals surface area contributed by atoms with Crippen molar-refractivity contribution in [1.29, 1.82) is 0 Å². The Bertz CT molecular complexity index is 2280. The summed E-state index contributed by atoms with van der Waals surface area (Å²) >= 11 is 0. The van der Waals surface area contributed by atoms with Crippen LogP contribution >= 0.6 is 15.8 Å². The van der Waals surface area contributed by atoms with Gasteiger partial charge in [-0.25, -0.2) is 0 Å². The molecule has 0 atom stereocenters. The number of hydrogen-bond donors (Lipinski definition) is 0. The third-order valence-electron chi connectivity index (χ3n) is 10.2. The minimum Gasteiger partial charge on any atom is -0.496 e. The van der Waals surface area contributed by atoms with E-state index < -0.39 is 15.8 Å². The van der Waals surface area contributed by atoms with Gasteiger partial charge >= 0.3 is 0 Å². The summed E-state index contributed by atoms with van der Waals surface area (Å²) in [7, 11) is 1.36. The van der Waals surface area contributed by atoms with Crippen molar-refractivity contribution in [1.82, 2.24) is 0 Å². The van der Waals surface area contributed by atoms with Crippen molar-refractivity contribution in [2.45, 2.75) is 13.8 Å². The first kappa shape index (κ1) is 37.2. The molecular weight excluding hydrogens is 719 g/mol. The number of benzene rings is 8. The maximum atomic E-state index is 6.54. The van der Waals surface area contributed by atoms with E-state index in [9.17, 15) is 0 Å². The predicted molar refractivity (Wildman–Crippen MR) is 243 cm³/mol. The van der Waals surface area contributed by atoms with Gasteiger partial charge in [0, 0.05) is 21.7 Å². The Morgan fingerprint density at radius 3 is 0.875 bits per heavy atom. The average Bonchev–Trinajstić information content (AvgIpc) is 3.26. The third kappa shape index (κ3) is 7.44. The summed E-state index contributed by atoms with van der Waals surface area (Å²) in [5, 5.41) is 7.52. The van der Waals surface area contributed by atoms with Gasteiger partial charge in [0.1, 0.15) is 11.5 Å². The van der Waals surface area contributed by atoms with E-state index in [-0.39, 0.29) is 0 Å². The molecule has 56 heavy (non-hydrogen) atoms. The molecule has 8 rings (SSSR count). The van der Waals surface area contributed by atoms with Gasteiger partial charge in [0.25, 0.3) is 0 Å². The average molecular weight is 763 g/mol. The Labute approximate surface area is 334 Å². The standard InChI is InChI=1S/C52H44O2P2/c1-37-25-29-39(30-26-37)45-33-35-47(53-3)49(51(45)55(41-17-9-5-10-18-41)42-19-11-6-12-20-42)50-48(54-4)36-34-46(40-31-27-38(2)28-32-40)52(50)56(43-21-13-7-14-22-43)44-23-15-8-16-24-44/h5-36H,1-4H3. The van der Waals surface area contributed by atoms with Gasteiger partial charge in [-0.2, -0.15) is 0 Å². The second-order valence-electron chi connectivity index (χ2n) is 13.8. The molecule has 0 radical (unpaired) electrons. The lowest BCUT2D eigenvalue weighted by atomic mass is 9.93. The fourth-order valence-electron chi connectivity index (χ4n) is 7.49. The quantitative estimate of drug-likeness (QED) is 0.122. The summed E-state index contributed by atoms with van der Waals surface area (Å²) in [5.74, 6) is 1.62. The highest BCUT2D eigenvalue weighted by molar-refractivity contribution is 7.81. The Kier molecular flexibility index (Phi) is 11.2.